The quantitative estimate of drug-likeness (QED) is 0.658. The molecule has 74 valence electrons. The molecule has 0 bridgehead atoms. The van der Waals surface area contributed by atoms with Crippen LogP contribution < -0.4 is 0 Å². The lowest BCUT2D eigenvalue weighted by Crippen LogP contribution is -1.77. The summed E-state index contributed by atoms with van der Waals surface area (Å²) >= 11 is 1.53. The molecule has 0 aliphatic rings. The molecule has 5 heteroatoms. The molecule has 0 saturated carbocycles. The largest absolute Gasteiger partial charge is 0.508 e. The maximum absolute atomic E-state index is 9.31. The maximum Gasteiger partial charge on any atom is 0.158 e. The van der Waals surface area contributed by atoms with E-state index in [4.69, 9.17) is 0 Å². The second-order valence-electron chi connectivity index (χ2n) is 3.16. The van der Waals surface area contributed by atoms with Gasteiger partial charge in [0.1, 0.15) is 11.4 Å². The van der Waals surface area contributed by atoms with Crippen LogP contribution in [0.1, 0.15) is 0 Å². The van der Waals surface area contributed by atoms with Crippen molar-refractivity contribution in [1.29, 1.82) is 0 Å². The molecule has 2 aromatic heterocycles. The van der Waals surface area contributed by atoms with Gasteiger partial charge in [0.2, 0.25) is 0 Å². The SMILES string of the molecule is Oc1ccc2nc(-c3cscn3)[nH]c2c1. The van der Waals surface area contributed by atoms with Crippen LogP contribution in [0, 0.1) is 0 Å². The molecule has 15 heavy (non-hydrogen) atoms. The highest BCUT2D eigenvalue weighted by Gasteiger charge is 2.06. The lowest BCUT2D eigenvalue weighted by molar-refractivity contribution is 0.476. The zero-order valence-corrected chi connectivity index (χ0v) is 8.45. The van der Waals surface area contributed by atoms with Crippen molar-refractivity contribution >= 4 is 22.4 Å². The third-order valence-corrected chi connectivity index (χ3v) is 2.73. The van der Waals surface area contributed by atoms with Gasteiger partial charge in [0.15, 0.2) is 5.82 Å². The van der Waals surface area contributed by atoms with Crippen molar-refractivity contribution in [2.75, 3.05) is 0 Å². The molecule has 2 N–H and O–H groups in total. The Bertz CT molecular complexity index is 600. The molecule has 0 unspecified atom stereocenters. The summed E-state index contributed by atoms with van der Waals surface area (Å²) in [6, 6.07) is 5.04. The second-order valence-corrected chi connectivity index (χ2v) is 3.88. The van der Waals surface area contributed by atoms with Crippen molar-refractivity contribution < 1.29 is 5.11 Å². The van der Waals surface area contributed by atoms with Gasteiger partial charge in [0.25, 0.3) is 0 Å². The summed E-state index contributed by atoms with van der Waals surface area (Å²) in [6.07, 6.45) is 0. The number of hydrogen-bond acceptors (Lipinski definition) is 4. The summed E-state index contributed by atoms with van der Waals surface area (Å²) < 4.78 is 0. The van der Waals surface area contributed by atoms with E-state index in [0.717, 1.165) is 22.6 Å². The molecule has 4 nitrogen and oxygen atoms in total. The average Bonchev–Trinajstić information content (AvgIpc) is 2.84. The molecule has 1 aromatic carbocycles. The van der Waals surface area contributed by atoms with Gasteiger partial charge in [-0.3, -0.25) is 0 Å². The summed E-state index contributed by atoms with van der Waals surface area (Å²) in [5.74, 6) is 0.966. The van der Waals surface area contributed by atoms with Gasteiger partial charge in [0, 0.05) is 11.4 Å². The normalized spacial score (nSPS) is 10.9. The van der Waals surface area contributed by atoms with Crippen LogP contribution in [0.2, 0.25) is 0 Å². The summed E-state index contributed by atoms with van der Waals surface area (Å²) in [5.41, 5.74) is 4.24. The fourth-order valence-corrected chi connectivity index (χ4v) is 1.99. The van der Waals surface area contributed by atoms with Crippen LogP contribution in [0.3, 0.4) is 0 Å². The van der Waals surface area contributed by atoms with E-state index < -0.39 is 0 Å². The predicted molar refractivity (Wildman–Crippen MR) is 58.9 cm³/mol. The number of nitrogens with zero attached hydrogens (tertiary/aromatic N) is 2. The zero-order chi connectivity index (χ0) is 10.3. The first-order chi connectivity index (χ1) is 7.33. The standard InChI is InChI=1S/C10H7N3OS/c14-6-1-2-7-8(3-6)13-10(12-7)9-4-15-5-11-9/h1-5,14H,(H,12,13). The number of imidazole rings is 1. The van der Waals surface area contributed by atoms with Crippen LogP contribution in [-0.4, -0.2) is 20.1 Å². The number of benzene rings is 1. The molecule has 0 saturated heterocycles. The monoisotopic (exact) mass is 217 g/mol. The number of H-pyrrole nitrogens is 1. The number of nitrogens with one attached hydrogen (secondary N) is 1. The van der Waals surface area contributed by atoms with E-state index in [1.165, 1.54) is 11.3 Å². The maximum atomic E-state index is 9.31. The Morgan fingerprint density at radius 2 is 2.27 bits per heavy atom. The van der Waals surface area contributed by atoms with Gasteiger partial charge in [0.05, 0.1) is 16.5 Å². The van der Waals surface area contributed by atoms with Crippen molar-refractivity contribution in [2.45, 2.75) is 0 Å². The number of fused-ring (bicyclic) bond motifs is 1. The smallest absolute Gasteiger partial charge is 0.158 e. The lowest BCUT2D eigenvalue weighted by Gasteiger charge is -1.88. The first-order valence-corrected chi connectivity index (χ1v) is 5.34. The minimum atomic E-state index is 0.232. The number of aromatic amines is 1. The predicted octanol–water partition coefficient (Wildman–Crippen LogP) is 2.39. The van der Waals surface area contributed by atoms with Crippen LogP contribution in [0.4, 0.5) is 0 Å². The fraction of sp³-hybridized carbons (Fsp3) is 0. The van der Waals surface area contributed by atoms with E-state index in [2.05, 4.69) is 15.0 Å². The van der Waals surface area contributed by atoms with Crippen LogP contribution in [-0.2, 0) is 0 Å². The Hall–Kier alpha value is -1.88. The molecular formula is C10H7N3OS. The molecule has 0 aliphatic carbocycles. The second kappa shape index (κ2) is 3.06. The highest BCUT2D eigenvalue weighted by Crippen LogP contribution is 2.22. The van der Waals surface area contributed by atoms with E-state index in [1.807, 2.05) is 5.38 Å². The summed E-state index contributed by atoms with van der Waals surface area (Å²) in [4.78, 5) is 11.7. The van der Waals surface area contributed by atoms with Gasteiger partial charge >= 0.3 is 0 Å². The van der Waals surface area contributed by atoms with E-state index >= 15 is 0 Å². The Morgan fingerprint density at radius 1 is 1.33 bits per heavy atom. The Kier molecular flexibility index (Phi) is 1.72. The van der Waals surface area contributed by atoms with Gasteiger partial charge < -0.3 is 10.1 Å². The minimum Gasteiger partial charge on any atom is -0.508 e. The van der Waals surface area contributed by atoms with Gasteiger partial charge in [-0.1, -0.05) is 0 Å². The average molecular weight is 217 g/mol. The number of aromatic nitrogens is 3. The van der Waals surface area contributed by atoms with Gasteiger partial charge in [-0.15, -0.1) is 11.3 Å². The van der Waals surface area contributed by atoms with Crippen LogP contribution in [0.25, 0.3) is 22.6 Å². The molecule has 0 aliphatic heterocycles. The molecule has 0 fully saturated rings. The summed E-state index contributed by atoms with van der Waals surface area (Å²) in [5, 5.41) is 11.2. The number of thiazole rings is 1. The number of phenolic OH excluding ortho intramolecular Hbond substituents is 1. The van der Waals surface area contributed by atoms with Crippen LogP contribution >= 0.6 is 11.3 Å². The Morgan fingerprint density at radius 3 is 3.07 bits per heavy atom. The summed E-state index contributed by atoms with van der Waals surface area (Å²) in [7, 11) is 0. The fourth-order valence-electron chi connectivity index (χ4n) is 1.45. The molecule has 3 rings (SSSR count). The topological polar surface area (TPSA) is 61.8 Å². The minimum absolute atomic E-state index is 0.232. The number of rotatable bonds is 1. The van der Waals surface area contributed by atoms with E-state index in [9.17, 15) is 5.11 Å². The van der Waals surface area contributed by atoms with Crippen molar-refractivity contribution in [1.82, 2.24) is 15.0 Å². The molecular weight excluding hydrogens is 210 g/mol. The van der Waals surface area contributed by atoms with Crippen LogP contribution in [0.5, 0.6) is 5.75 Å². The van der Waals surface area contributed by atoms with Crippen molar-refractivity contribution in [3.8, 4) is 17.3 Å². The first-order valence-electron chi connectivity index (χ1n) is 4.40. The first kappa shape index (κ1) is 8.43. The van der Waals surface area contributed by atoms with E-state index in [-0.39, 0.29) is 5.75 Å². The Labute approximate surface area is 89.3 Å². The van der Waals surface area contributed by atoms with Gasteiger partial charge in [-0.05, 0) is 12.1 Å². The molecule has 0 atom stereocenters. The molecule has 3 aromatic rings. The number of hydrogen-bond donors (Lipinski definition) is 2. The van der Waals surface area contributed by atoms with E-state index in [0.29, 0.717) is 0 Å². The van der Waals surface area contributed by atoms with Gasteiger partial charge in [-0.25, -0.2) is 9.97 Å². The molecule has 0 radical (unpaired) electrons. The van der Waals surface area contributed by atoms with Crippen molar-refractivity contribution in [3.05, 3.63) is 29.1 Å². The van der Waals surface area contributed by atoms with Crippen molar-refractivity contribution in [3.63, 3.8) is 0 Å². The zero-order valence-electron chi connectivity index (χ0n) is 7.64. The Balaban J connectivity index is 2.22. The third-order valence-electron chi connectivity index (χ3n) is 2.14. The number of phenols is 1. The van der Waals surface area contributed by atoms with Gasteiger partial charge in [-0.2, -0.15) is 0 Å². The highest BCUT2D eigenvalue weighted by molar-refractivity contribution is 7.07. The van der Waals surface area contributed by atoms with E-state index in [1.54, 1.807) is 23.7 Å². The third kappa shape index (κ3) is 1.37. The molecule has 0 spiro atoms. The lowest BCUT2D eigenvalue weighted by atomic mass is 10.3. The van der Waals surface area contributed by atoms with Crippen LogP contribution in [0.15, 0.2) is 29.1 Å². The molecule has 0 amide bonds. The summed E-state index contributed by atoms with van der Waals surface area (Å²) in [6.45, 7) is 0. The molecule has 2 heterocycles. The highest BCUT2D eigenvalue weighted by atomic mass is 32.1. The van der Waals surface area contributed by atoms with Crippen molar-refractivity contribution in [2.24, 2.45) is 0 Å². The number of aromatic hydroxyl groups is 1.